The van der Waals surface area contributed by atoms with Crippen LogP contribution in [0.4, 0.5) is 0 Å². The van der Waals surface area contributed by atoms with Crippen molar-refractivity contribution in [2.24, 2.45) is 0 Å². The van der Waals surface area contributed by atoms with Crippen LogP contribution in [0.2, 0.25) is 0 Å². The number of aliphatic hydroxyl groups is 1. The summed E-state index contributed by atoms with van der Waals surface area (Å²) in [5.74, 6) is 0.599. The van der Waals surface area contributed by atoms with Crippen LogP contribution in [-0.2, 0) is 0 Å². The van der Waals surface area contributed by atoms with Gasteiger partial charge in [0.2, 0.25) is 0 Å². The Bertz CT molecular complexity index is 266. The number of aliphatic hydroxyl groups excluding tert-OH is 1. The quantitative estimate of drug-likeness (QED) is 0.261. The van der Waals surface area contributed by atoms with E-state index in [0.717, 1.165) is 12.8 Å². The summed E-state index contributed by atoms with van der Waals surface area (Å²) in [4.78, 5) is 0. The SMILES string of the molecule is CCCCC=C(O)/C(CCCC)=[C](/[SnH3])CCCC. The van der Waals surface area contributed by atoms with Gasteiger partial charge in [0.05, 0.1) is 0 Å². The Morgan fingerprint density at radius 2 is 1.50 bits per heavy atom. The van der Waals surface area contributed by atoms with Crippen molar-refractivity contribution < 1.29 is 5.11 Å². The monoisotopic (exact) mass is 360 g/mol. The zero-order valence-electron chi connectivity index (χ0n) is 12.9. The molecule has 1 nitrogen and oxygen atoms in total. The zero-order chi connectivity index (χ0) is 13.8. The van der Waals surface area contributed by atoms with Gasteiger partial charge in [0, 0.05) is 0 Å². The van der Waals surface area contributed by atoms with Gasteiger partial charge in [0.15, 0.2) is 0 Å². The van der Waals surface area contributed by atoms with Crippen LogP contribution in [0, 0.1) is 0 Å². The van der Waals surface area contributed by atoms with Gasteiger partial charge in [-0.3, -0.25) is 0 Å². The Hall–Kier alpha value is 0.0787. The van der Waals surface area contributed by atoms with E-state index in [1.807, 2.05) is 0 Å². The molecule has 1 N–H and O–H groups in total. The molecule has 0 fully saturated rings. The predicted molar refractivity (Wildman–Crippen MR) is 86.3 cm³/mol. The number of rotatable bonds is 10. The van der Waals surface area contributed by atoms with Crippen LogP contribution < -0.4 is 0 Å². The van der Waals surface area contributed by atoms with E-state index in [0.29, 0.717) is 28.3 Å². The Kier molecular flexibility index (Phi) is 12.2. The molecule has 0 radical (unpaired) electrons. The first-order valence-corrected chi connectivity index (χ1v) is 10.6. The maximum atomic E-state index is 10.3. The molecule has 0 unspecified atom stereocenters. The average Bonchev–Trinajstić information content (AvgIpc) is 2.37. The molecule has 0 rings (SSSR count). The van der Waals surface area contributed by atoms with E-state index in [4.69, 9.17) is 0 Å². The van der Waals surface area contributed by atoms with Crippen molar-refractivity contribution in [2.75, 3.05) is 0 Å². The van der Waals surface area contributed by atoms with Gasteiger partial charge < -0.3 is 0 Å². The normalized spacial score (nSPS) is 13.8. The number of hydrogen-bond donors (Lipinski definition) is 1. The fraction of sp³-hybridized carbons (Fsp3) is 0.750. The van der Waals surface area contributed by atoms with E-state index in [-0.39, 0.29) is 0 Å². The van der Waals surface area contributed by atoms with Crippen molar-refractivity contribution in [1.29, 1.82) is 0 Å². The van der Waals surface area contributed by atoms with E-state index in [1.165, 1.54) is 50.5 Å². The molecule has 0 aromatic rings. The van der Waals surface area contributed by atoms with Crippen molar-refractivity contribution in [1.82, 2.24) is 0 Å². The summed E-state index contributed by atoms with van der Waals surface area (Å²) in [6, 6.07) is 0. The zero-order valence-corrected chi connectivity index (χ0v) is 18.6. The third kappa shape index (κ3) is 8.23. The van der Waals surface area contributed by atoms with Gasteiger partial charge in [-0.2, -0.15) is 0 Å². The number of unbranched alkanes of at least 4 members (excludes halogenated alkanes) is 4. The molecule has 106 valence electrons. The molecule has 0 spiro atoms. The summed E-state index contributed by atoms with van der Waals surface area (Å²) >= 11 is 0.529. The predicted octanol–water partition coefficient (Wildman–Crippen LogP) is 4.62. The fourth-order valence-electron chi connectivity index (χ4n) is 2.07. The van der Waals surface area contributed by atoms with Crippen LogP contribution >= 0.6 is 0 Å². The standard InChI is InChI=1S/C16H29O.Sn.3H/c1-4-7-10-13-15(12-9-6-3)16(17)14-11-8-5-2;;;;/h14,17H,4-12H2,1-3H3;;;;. The van der Waals surface area contributed by atoms with Crippen molar-refractivity contribution >= 4 is 22.5 Å². The molecule has 0 saturated carbocycles. The van der Waals surface area contributed by atoms with E-state index in [2.05, 4.69) is 26.8 Å². The molecule has 0 aliphatic rings. The van der Waals surface area contributed by atoms with Crippen molar-refractivity contribution in [3.63, 3.8) is 0 Å². The molecule has 0 aromatic heterocycles. The van der Waals surface area contributed by atoms with Crippen LogP contribution in [0.15, 0.2) is 21.0 Å². The van der Waals surface area contributed by atoms with Crippen molar-refractivity contribution in [2.45, 2.75) is 78.6 Å². The summed E-state index contributed by atoms with van der Waals surface area (Å²) in [5, 5.41) is 10.3. The maximum absolute atomic E-state index is 10.3. The van der Waals surface area contributed by atoms with Gasteiger partial charge in [0.25, 0.3) is 0 Å². The molecule has 0 amide bonds. The van der Waals surface area contributed by atoms with Gasteiger partial charge in [-0.1, -0.05) is 0 Å². The van der Waals surface area contributed by atoms with Crippen LogP contribution in [0.1, 0.15) is 78.6 Å². The van der Waals surface area contributed by atoms with Crippen LogP contribution in [-0.4, -0.2) is 27.6 Å². The molecule has 0 aromatic carbocycles. The van der Waals surface area contributed by atoms with E-state index < -0.39 is 0 Å². The summed E-state index contributed by atoms with van der Waals surface area (Å²) in [5.41, 5.74) is 1.30. The Balaban J connectivity index is 4.67. The second kappa shape index (κ2) is 12.1. The first-order chi connectivity index (χ1) is 8.67. The first kappa shape index (κ1) is 18.1. The van der Waals surface area contributed by atoms with Crippen LogP contribution in [0.25, 0.3) is 0 Å². The Morgan fingerprint density at radius 3 is 2.06 bits per heavy atom. The summed E-state index contributed by atoms with van der Waals surface area (Å²) < 4.78 is 1.59. The van der Waals surface area contributed by atoms with E-state index >= 15 is 0 Å². The molecule has 0 heterocycles. The molecule has 0 saturated heterocycles. The molecule has 2 heteroatoms. The first-order valence-electron chi connectivity index (χ1n) is 7.75. The van der Waals surface area contributed by atoms with E-state index in [1.54, 1.807) is 3.59 Å². The van der Waals surface area contributed by atoms with Gasteiger partial charge in [-0.15, -0.1) is 0 Å². The summed E-state index contributed by atoms with van der Waals surface area (Å²) in [7, 11) is 0. The second-order valence-electron chi connectivity index (χ2n) is 5.20. The van der Waals surface area contributed by atoms with Crippen molar-refractivity contribution in [3.05, 3.63) is 21.0 Å². The van der Waals surface area contributed by atoms with Crippen molar-refractivity contribution in [3.8, 4) is 0 Å². The van der Waals surface area contributed by atoms with Gasteiger partial charge in [-0.25, -0.2) is 0 Å². The van der Waals surface area contributed by atoms with Gasteiger partial charge in [0.1, 0.15) is 0 Å². The van der Waals surface area contributed by atoms with Crippen LogP contribution in [0.5, 0.6) is 0 Å². The minimum atomic E-state index is 0.529. The minimum absolute atomic E-state index is 0.529. The van der Waals surface area contributed by atoms with Gasteiger partial charge in [-0.05, 0) is 0 Å². The molecule has 0 aliphatic heterocycles. The Labute approximate surface area is 127 Å². The molecule has 18 heavy (non-hydrogen) atoms. The summed E-state index contributed by atoms with van der Waals surface area (Å²) in [6.45, 7) is 6.66. The molecular weight excluding hydrogens is 327 g/mol. The molecule has 0 bridgehead atoms. The second-order valence-corrected chi connectivity index (χ2v) is 8.64. The third-order valence-corrected chi connectivity index (χ3v) is 6.56. The fourth-order valence-corrected chi connectivity index (χ4v) is 4.53. The molecule has 0 aliphatic carbocycles. The Morgan fingerprint density at radius 1 is 0.944 bits per heavy atom. The summed E-state index contributed by atoms with van der Waals surface area (Å²) in [6.07, 6.45) is 12.7. The van der Waals surface area contributed by atoms with Gasteiger partial charge >= 0.3 is 127 Å². The number of hydrogen-bond acceptors (Lipinski definition) is 1. The van der Waals surface area contributed by atoms with E-state index in [9.17, 15) is 5.11 Å². The third-order valence-electron chi connectivity index (χ3n) is 3.41. The number of allylic oxidation sites excluding steroid dienone is 3. The molecular formula is C16H32OSn. The van der Waals surface area contributed by atoms with Crippen LogP contribution in [0.3, 0.4) is 0 Å². The average molecular weight is 359 g/mol. The topological polar surface area (TPSA) is 20.2 Å². The molecule has 0 atom stereocenters.